The molecule has 4 rings (SSSR count). The third-order valence-corrected chi connectivity index (χ3v) is 6.38. The molecule has 6 nitrogen and oxygen atoms in total. The van der Waals surface area contributed by atoms with E-state index in [-0.39, 0.29) is 12.0 Å². The van der Waals surface area contributed by atoms with Crippen LogP contribution in [0, 0.1) is 13.8 Å². The number of hydrogen-bond acceptors (Lipinski definition) is 4. The van der Waals surface area contributed by atoms with E-state index in [1.807, 2.05) is 44.2 Å². The van der Waals surface area contributed by atoms with Gasteiger partial charge in [-0.25, -0.2) is 4.79 Å². The van der Waals surface area contributed by atoms with Crippen molar-refractivity contribution in [2.75, 3.05) is 20.3 Å². The van der Waals surface area contributed by atoms with Gasteiger partial charge in [0.15, 0.2) is 0 Å². The first-order valence-corrected chi connectivity index (χ1v) is 11.1. The average Bonchev–Trinajstić information content (AvgIpc) is 3.43. The van der Waals surface area contributed by atoms with Crippen LogP contribution in [0.4, 0.5) is 0 Å². The molecule has 2 aliphatic rings. The fraction of sp³-hybridized carbons (Fsp3) is 0.360. The van der Waals surface area contributed by atoms with Crippen molar-refractivity contribution in [2.24, 2.45) is 0 Å². The number of carbonyl (C=O) groups excluding carboxylic acids is 2. The highest BCUT2D eigenvalue weighted by molar-refractivity contribution is 6.30. The van der Waals surface area contributed by atoms with Crippen molar-refractivity contribution >= 4 is 29.6 Å². The SMILES string of the molecule is COC(=O)C1=C(C)N(C[C@H]2CCCO2)C(=O)/C1=C/c1cc(C)n(-c2cccc(Cl)c2)c1C. The molecule has 0 saturated carbocycles. The highest BCUT2D eigenvalue weighted by Crippen LogP contribution is 2.34. The molecule has 0 N–H and O–H groups in total. The normalized spacial score (nSPS) is 20.0. The number of allylic oxidation sites excluding steroid dienone is 1. The maximum absolute atomic E-state index is 13.4. The van der Waals surface area contributed by atoms with Gasteiger partial charge in [0.1, 0.15) is 0 Å². The largest absolute Gasteiger partial charge is 0.465 e. The summed E-state index contributed by atoms with van der Waals surface area (Å²) in [6, 6.07) is 9.62. The van der Waals surface area contributed by atoms with E-state index in [1.54, 1.807) is 17.9 Å². The molecule has 168 valence electrons. The molecule has 0 bridgehead atoms. The van der Waals surface area contributed by atoms with Crippen molar-refractivity contribution in [1.82, 2.24) is 9.47 Å². The number of amides is 1. The number of rotatable bonds is 5. The van der Waals surface area contributed by atoms with E-state index in [0.29, 0.717) is 35.0 Å². The molecule has 2 aromatic rings. The van der Waals surface area contributed by atoms with E-state index in [0.717, 1.165) is 35.5 Å². The molecule has 32 heavy (non-hydrogen) atoms. The van der Waals surface area contributed by atoms with Gasteiger partial charge in [0.2, 0.25) is 0 Å². The molecule has 1 atom stereocenters. The van der Waals surface area contributed by atoms with Crippen LogP contribution in [0.25, 0.3) is 11.8 Å². The first-order valence-electron chi connectivity index (χ1n) is 10.7. The Labute approximate surface area is 193 Å². The maximum Gasteiger partial charge on any atom is 0.340 e. The lowest BCUT2D eigenvalue weighted by Gasteiger charge is -2.21. The summed E-state index contributed by atoms with van der Waals surface area (Å²) in [7, 11) is 1.33. The fourth-order valence-electron chi connectivity index (χ4n) is 4.54. The van der Waals surface area contributed by atoms with E-state index >= 15 is 0 Å². The average molecular weight is 455 g/mol. The summed E-state index contributed by atoms with van der Waals surface area (Å²) in [5.41, 5.74) is 5.01. The van der Waals surface area contributed by atoms with E-state index in [1.165, 1.54) is 7.11 Å². The summed E-state index contributed by atoms with van der Waals surface area (Å²) >= 11 is 6.19. The Hall–Kier alpha value is -2.83. The van der Waals surface area contributed by atoms with Gasteiger partial charge in [-0.15, -0.1) is 0 Å². The molecule has 0 aliphatic carbocycles. The highest BCUT2D eigenvalue weighted by Gasteiger charge is 2.38. The van der Waals surface area contributed by atoms with Crippen molar-refractivity contribution < 1.29 is 19.1 Å². The Balaban J connectivity index is 1.76. The fourth-order valence-corrected chi connectivity index (χ4v) is 4.73. The number of hydrogen-bond donors (Lipinski definition) is 0. The molecule has 1 saturated heterocycles. The number of esters is 1. The summed E-state index contributed by atoms with van der Waals surface area (Å²) in [4.78, 5) is 27.6. The minimum absolute atomic E-state index is 0.0139. The number of nitrogens with zero attached hydrogens (tertiary/aromatic N) is 2. The lowest BCUT2D eigenvalue weighted by atomic mass is 10.0. The van der Waals surface area contributed by atoms with Crippen molar-refractivity contribution in [3.8, 4) is 5.69 Å². The van der Waals surface area contributed by atoms with Gasteiger partial charge in [-0.2, -0.15) is 0 Å². The van der Waals surface area contributed by atoms with Gasteiger partial charge in [-0.1, -0.05) is 17.7 Å². The minimum Gasteiger partial charge on any atom is -0.465 e. The van der Waals surface area contributed by atoms with Crippen LogP contribution in [-0.4, -0.2) is 47.7 Å². The monoisotopic (exact) mass is 454 g/mol. The molecule has 0 unspecified atom stereocenters. The van der Waals surface area contributed by atoms with Gasteiger partial charge in [-0.05, 0) is 69.5 Å². The van der Waals surface area contributed by atoms with Gasteiger partial charge >= 0.3 is 5.97 Å². The number of ether oxygens (including phenoxy) is 2. The van der Waals surface area contributed by atoms with Crippen LogP contribution in [0.15, 0.2) is 47.2 Å². The highest BCUT2D eigenvalue weighted by atomic mass is 35.5. The zero-order valence-corrected chi connectivity index (χ0v) is 19.5. The van der Waals surface area contributed by atoms with Crippen molar-refractivity contribution in [1.29, 1.82) is 0 Å². The van der Waals surface area contributed by atoms with Gasteiger partial charge in [0.05, 0.1) is 30.9 Å². The van der Waals surface area contributed by atoms with Crippen molar-refractivity contribution in [3.63, 3.8) is 0 Å². The minimum atomic E-state index is -0.513. The molecule has 1 aromatic heterocycles. The van der Waals surface area contributed by atoms with E-state index < -0.39 is 5.97 Å². The number of aryl methyl sites for hydroxylation is 1. The van der Waals surface area contributed by atoms with Crippen LogP contribution in [0.3, 0.4) is 0 Å². The number of aromatic nitrogens is 1. The van der Waals surface area contributed by atoms with Gasteiger partial charge in [-0.3, -0.25) is 4.79 Å². The number of benzene rings is 1. The van der Waals surface area contributed by atoms with Crippen LogP contribution >= 0.6 is 11.6 Å². The lowest BCUT2D eigenvalue weighted by molar-refractivity contribution is -0.136. The maximum atomic E-state index is 13.4. The summed E-state index contributed by atoms with van der Waals surface area (Å²) < 4.78 is 12.8. The molecule has 1 fully saturated rings. The molecule has 2 aliphatic heterocycles. The van der Waals surface area contributed by atoms with Crippen LogP contribution in [0.5, 0.6) is 0 Å². The third kappa shape index (κ3) is 4.00. The summed E-state index contributed by atoms with van der Waals surface area (Å²) in [5.74, 6) is -0.716. The Kier molecular flexibility index (Phi) is 6.26. The Morgan fingerprint density at radius 2 is 2.06 bits per heavy atom. The van der Waals surface area contributed by atoms with Gasteiger partial charge in [0, 0.05) is 34.4 Å². The summed E-state index contributed by atoms with van der Waals surface area (Å²) in [5, 5.41) is 0.650. The topological polar surface area (TPSA) is 60.8 Å². The predicted octanol–water partition coefficient (Wildman–Crippen LogP) is 4.60. The summed E-state index contributed by atoms with van der Waals surface area (Å²) in [6.07, 6.45) is 3.67. The van der Waals surface area contributed by atoms with E-state index in [9.17, 15) is 9.59 Å². The number of methoxy groups -OCH3 is 1. The first kappa shape index (κ1) is 22.4. The Morgan fingerprint density at radius 3 is 2.72 bits per heavy atom. The second-order valence-corrected chi connectivity index (χ2v) is 8.64. The molecular formula is C25H27ClN2O4. The zero-order valence-electron chi connectivity index (χ0n) is 18.8. The quantitative estimate of drug-likeness (QED) is 0.489. The van der Waals surface area contributed by atoms with Gasteiger partial charge < -0.3 is 18.9 Å². The third-order valence-electron chi connectivity index (χ3n) is 6.15. The Bertz CT molecular complexity index is 1140. The standard InChI is InChI=1S/C25H27ClN2O4/c1-15-11-18(16(2)28(15)20-8-5-7-19(26)13-20)12-22-23(25(30)31-4)17(3)27(24(22)29)14-21-9-6-10-32-21/h5,7-8,11-13,21H,6,9-10,14H2,1-4H3/b22-12+/t21-/m1/s1. The number of halogens is 1. The zero-order chi connectivity index (χ0) is 23.0. The smallest absolute Gasteiger partial charge is 0.340 e. The molecule has 3 heterocycles. The van der Waals surface area contributed by atoms with Crippen molar-refractivity contribution in [2.45, 2.75) is 39.7 Å². The molecule has 7 heteroatoms. The predicted molar refractivity (Wildman–Crippen MR) is 124 cm³/mol. The van der Waals surface area contributed by atoms with Crippen LogP contribution in [0.1, 0.15) is 36.7 Å². The lowest BCUT2D eigenvalue weighted by Crippen LogP contribution is -2.33. The Morgan fingerprint density at radius 1 is 1.28 bits per heavy atom. The molecular weight excluding hydrogens is 428 g/mol. The molecule has 1 amide bonds. The van der Waals surface area contributed by atoms with Crippen LogP contribution in [0.2, 0.25) is 5.02 Å². The van der Waals surface area contributed by atoms with Gasteiger partial charge in [0.25, 0.3) is 5.91 Å². The van der Waals surface area contributed by atoms with E-state index in [2.05, 4.69) is 4.57 Å². The second-order valence-electron chi connectivity index (χ2n) is 8.20. The van der Waals surface area contributed by atoms with E-state index in [4.69, 9.17) is 21.1 Å². The van der Waals surface area contributed by atoms with Crippen molar-refractivity contribution in [3.05, 3.63) is 69.1 Å². The summed E-state index contributed by atoms with van der Waals surface area (Å²) in [6.45, 7) is 6.91. The second kappa shape index (κ2) is 8.96. The van der Waals surface area contributed by atoms with Crippen LogP contribution in [-0.2, 0) is 19.1 Å². The molecule has 1 aromatic carbocycles. The van der Waals surface area contributed by atoms with Crippen LogP contribution < -0.4 is 0 Å². The number of carbonyl (C=O) groups is 2. The molecule has 0 radical (unpaired) electrons. The molecule has 0 spiro atoms. The first-order chi connectivity index (χ1) is 15.3.